The van der Waals surface area contributed by atoms with Crippen molar-refractivity contribution in [1.82, 2.24) is 15.0 Å². The lowest BCUT2D eigenvalue weighted by Crippen LogP contribution is -2.43. The summed E-state index contributed by atoms with van der Waals surface area (Å²) in [7, 11) is -1.28. The number of halogens is 1. The molecule has 0 saturated carbocycles. The van der Waals surface area contributed by atoms with Crippen molar-refractivity contribution in [2.75, 3.05) is 14.2 Å². The zero-order chi connectivity index (χ0) is 21.9. The number of benzene rings is 2. The van der Waals surface area contributed by atoms with Gasteiger partial charge in [0, 0.05) is 23.5 Å². The standard InChI is InChI=1S/C20H20ClN3O5S/c1-22-30(27,28)13-7-8-16(21)15(10-13)19(25)24-18(20(26)29-2)9-12-11-23-17-6-4-3-5-14(12)17/h3-8,10-11,18,22-23H,9H2,1-2H3,(H,24,25)/t18-/m1/s1. The molecule has 0 bridgehead atoms. The smallest absolute Gasteiger partial charge is 0.328 e. The molecule has 3 aromatic rings. The lowest BCUT2D eigenvalue weighted by atomic mass is 10.0. The molecule has 3 rings (SSSR count). The van der Waals surface area contributed by atoms with Crippen molar-refractivity contribution < 1.29 is 22.7 Å². The number of sulfonamides is 1. The highest BCUT2D eigenvalue weighted by Gasteiger charge is 2.25. The number of nitrogens with one attached hydrogen (secondary N) is 3. The maximum absolute atomic E-state index is 12.8. The maximum atomic E-state index is 12.8. The lowest BCUT2D eigenvalue weighted by molar-refractivity contribution is -0.142. The molecule has 1 heterocycles. The molecule has 0 spiro atoms. The fourth-order valence-electron chi connectivity index (χ4n) is 3.06. The monoisotopic (exact) mass is 449 g/mol. The largest absolute Gasteiger partial charge is 0.467 e. The van der Waals surface area contributed by atoms with Crippen LogP contribution in [0.25, 0.3) is 10.9 Å². The third kappa shape index (κ3) is 4.48. The van der Waals surface area contributed by atoms with Crippen LogP contribution in [0.2, 0.25) is 5.02 Å². The Hall–Kier alpha value is -2.88. The number of hydrogen-bond acceptors (Lipinski definition) is 5. The molecular formula is C20H20ClN3O5S. The van der Waals surface area contributed by atoms with Gasteiger partial charge in [0.25, 0.3) is 5.91 Å². The molecule has 158 valence electrons. The molecule has 1 aromatic heterocycles. The number of carbonyl (C=O) groups excluding carboxylic acids is 2. The topological polar surface area (TPSA) is 117 Å². The van der Waals surface area contributed by atoms with Gasteiger partial charge in [-0.2, -0.15) is 0 Å². The summed E-state index contributed by atoms with van der Waals surface area (Å²) in [6, 6.07) is 10.3. The second-order valence-electron chi connectivity index (χ2n) is 6.46. The van der Waals surface area contributed by atoms with Gasteiger partial charge >= 0.3 is 5.97 Å². The van der Waals surface area contributed by atoms with Gasteiger partial charge in [-0.05, 0) is 36.9 Å². The normalized spacial score (nSPS) is 12.5. The molecule has 10 heteroatoms. The van der Waals surface area contributed by atoms with E-state index in [9.17, 15) is 18.0 Å². The molecule has 0 aliphatic carbocycles. The van der Waals surface area contributed by atoms with E-state index in [4.69, 9.17) is 16.3 Å². The molecule has 0 radical (unpaired) electrons. The second kappa shape index (κ2) is 8.86. The minimum Gasteiger partial charge on any atom is -0.467 e. The average Bonchev–Trinajstić information content (AvgIpc) is 3.15. The van der Waals surface area contributed by atoms with Crippen molar-refractivity contribution in [3.8, 4) is 0 Å². The van der Waals surface area contributed by atoms with E-state index >= 15 is 0 Å². The quantitative estimate of drug-likeness (QED) is 0.478. The van der Waals surface area contributed by atoms with Gasteiger partial charge in [0.05, 0.1) is 22.6 Å². The van der Waals surface area contributed by atoms with Crippen LogP contribution in [0.4, 0.5) is 0 Å². The molecule has 0 aliphatic rings. The maximum Gasteiger partial charge on any atom is 0.328 e. The summed E-state index contributed by atoms with van der Waals surface area (Å²) in [4.78, 5) is 28.1. The highest BCUT2D eigenvalue weighted by Crippen LogP contribution is 2.22. The van der Waals surface area contributed by atoms with Crippen LogP contribution in [0, 0.1) is 0 Å². The lowest BCUT2D eigenvalue weighted by Gasteiger charge is -2.17. The summed E-state index contributed by atoms with van der Waals surface area (Å²) < 4.78 is 31.1. The van der Waals surface area contributed by atoms with E-state index in [0.717, 1.165) is 22.5 Å². The third-order valence-corrected chi connectivity index (χ3v) is 6.39. The zero-order valence-corrected chi connectivity index (χ0v) is 17.8. The van der Waals surface area contributed by atoms with Crippen LogP contribution >= 0.6 is 11.6 Å². The molecule has 0 fully saturated rings. The van der Waals surface area contributed by atoms with Crippen molar-refractivity contribution in [2.45, 2.75) is 17.4 Å². The first kappa shape index (κ1) is 21.8. The average molecular weight is 450 g/mol. The number of carbonyl (C=O) groups is 2. The molecule has 3 N–H and O–H groups in total. The SMILES string of the molecule is CNS(=O)(=O)c1ccc(Cl)c(C(=O)N[C@H](Cc2c[nH]c3ccccc23)C(=O)OC)c1. The Kier molecular flexibility index (Phi) is 6.45. The molecule has 1 atom stereocenters. The minimum atomic E-state index is -3.77. The van der Waals surface area contributed by atoms with Gasteiger partial charge in [-0.15, -0.1) is 0 Å². The molecule has 0 aliphatic heterocycles. The van der Waals surface area contributed by atoms with Crippen LogP contribution in [0.5, 0.6) is 0 Å². The predicted molar refractivity (Wildman–Crippen MR) is 113 cm³/mol. The number of ether oxygens (including phenoxy) is 1. The van der Waals surface area contributed by atoms with E-state index in [2.05, 4.69) is 15.0 Å². The van der Waals surface area contributed by atoms with E-state index in [1.54, 1.807) is 6.20 Å². The first-order valence-corrected chi connectivity index (χ1v) is 10.8. The van der Waals surface area contributed by atoms with E-state index in [0.29, 0.717) is 0 Å². The van der Waals surface area contributed by atoms with Crippen molar-refractivity contribution in [3.05, 3.63) is 64.8 Å². The van der Waals surface area contributed by atoms with Gasteiger partial charge in [-0.3, -0.25) is 4.79 Å². The van der Waals surface area contributed by atoms with Crippen LogP contribution in [-0.4, -0.2) is 45.5 Å². The third-order valence-electron chi connectivity index (χ3n) is 4.65. The van der Waals surface area contributed by atoms with E-state index in [1.165, 1.54) is 26.3 Å². The summed E-state index contributed by atoms with van der Waals surface area (Å²) in [5, 5.41) is 3.57. The fraction of sp³-hybridized carbons (Fsp3) is 0.200. The molecule has 8 nitrogen and oxygen atoms in total. The molecule has 2 aromatic carbocycles. The van der Waals surface area contributed by atoms with E-state index in [-0.39, 0.29) is 21.9 Å². The van der Waals surface area contributed by atoms with Crippen molar-refractivity contribution in [2.24, 2.45) is 0 Å². The zero-order valence-electron chi connectivity index (χ0n) is 16.2. The Labute approximate surface area is 178 Å². The number of amides is 1. The number of rotatable bonds is 7. The minimum absolute atomic E-state index is 0.0539. The summed E-state index contributed by atoms with van der Waals surface area (Å²) in [5.41, 5.74) is 1.65. The predicted octanol–water partition coefficient (Wildman–Crippen LogP) is 2.24. The van der Waals surface area contributed by atoms with Crippen molar-refractivity contribution in [1.29, 1.82) is 0 Å². The number of para-hydroxylation sites is 1. The number of hydrogen-bond donors (Lipinski definition) is 3. The van der Waals surface area contributed by atoms with Crippen LogP contribution in [0.15, 0.2) is 53.6 Å². The Morgan fingerprint density at radius 2 is 1.93 bits per heavy atom. The Morgan fingerprint density at radius 1 is 1.20 bits per heavy atom. The van der Waals surface area contributed by atoms with Gasteiger partial charge in [0.2, 0.25) is 10.0 Å². The number of esters is 1. The fourth-order valence-corrected chi connectivity index (χ4v) is 4.01. The first-order valence-electron chi connectivity index (χ1n) is 8.93. The highest BCUT2D eigenvalue weighted by molar-refractivity contribution is 7.89. The van der Waals surface area contributed by atoms with Crippen molar-refractivity contribution in [3.63, 3.8) is 0 Å². The van der Waals surface area contributed by atoms with E-state index in [1.807, 2.05) is 24.3 Å². The summed E-state index contributed by atoms with van der Waals surface area (Å²) >= 11 is 6.10. The van der Waals surface area contributed by atoms with Gasteiger partial charge in [0.1, 0.15) is 6.04 Å². The number of aromatic nitrogens is 1. The molecular weight excluding hydrogens is 430 g/mol. The molecule has 1 amide bonds. The molecule has 0 saturated heterocycles. The van der Waals surface area contributed by atoms with Crippen LogP contribution in [-0.2, 0) is 26.0 Å². The summed E-state index contributed by atoms with van der Waals surface area (Å²) in [5.74, 6) is -1.33. The Morgan fingerprint density at radius 3 is 2.63 bits per heavy atom. The number of fused-ring (bicyclic) bond motifs is 1. The van der Waals surface area contributed by atoms with Crippen LogP contribution in [0.1, 0.15) is 15.9 Å². The Balaban J connectivity index is 1.89. The van der Waals surface area contributed by atoms with Crippen molar-refractivity contribution >= 4 is 44.4 Å². The molecule has 30 heavy (non-hydrogen) atoms. The van der Waals surface area contributed by atoms with Gasteiger partial charge in [-0.25, -0.2) is 17.9 Å². The number of methoxy groups -OCH3 is 1. The highest BCUT2D eigenvalue weighted by atomic mass is 35.5. The first-order chi connectivity index (χ1) is 14.3. The van der Waals surface area contributed by atoms with E-state index < -0.39 is 27.9 Å². The summed E-state index contributed by atoms with van der Waals surface area (Å²) in [6.45, 7) is 0. The van der Waals surface area contributed by atoms with Crippen LogP contribution < -0.4 is 10.0 Å². The number of H-pyrrole nitrogens is 1. The van der Waals surface area contributed by atoms with Gasteiger partial charge < -0.3 is 15.0 Å². The van der Waals surface area contributed by atoms with Crippen LogP contribution in [0.3, 0.4) is 0 Å². The second-order valence-corrected chi connectivity index (χ2v) is 8.76. The van der Waals surface area contributed by atoms with Gasteiger partial charge in [0.15, 0.2) is 0 Å². The summed E-state index contributed by atoms with van der Waals surface area (Å²) in [6.07, 6.45) is 1.94. The number of aromatic amines is 1. The molecule has 0 unspecified atom stereocenters. The Bertz CT molecular complexity index is 1210. The van der Waals surface area contributed by atoms with Gasteiger partial charge in [-0.1, -0.05) is 29.8 Å².